The van der Waals surface area contributed by atoms with Crippen molar-refractivity contribution in [2.75, 3.05) is 32.8 Å². The van der Waals surface area contributed by atoms with Crippen molar-refractivity contribution in [1.29, 1.82) is 0 Å². The third-order valence-corrected chi connectivity index (χ3v) is 9.82. The third kappa shape index (κ3) is 3.82. The molecule has 5 nitrogen and oxygen atoms in total. The molecule has 0 radical (unpaired) electrons. The Bertz CT molecular complexity index is 1170. The maximum absolute atomic E-state index is 13.9. The molecular weight excluding hydrogens is 434 g/mol. The van der Waals surface area contributed by atoms with Crippen molar-refractivity contribution < 1.29 is 4.74 Å². The minimum Gasteiger partial charge on any atom is -0.379 e. The molecule has 186 valence electrons. The van der Waals surface area contributed by atoms with Gasteiger partial charge in [0.2, 0.25) is 0 Å². The van der Waals surface area contributed by atoms with Gasteiger partial charge >= 0.3 is 0 Å². The number of morpholine rings is 1. The molecule has 1 saturated heterocycles. The first-order valence-corrected chi connectivity index (χ1v) is 13.5. The number of ether oxygens (including phenoxy) is 1. The van der Waals surface area contributed by atoms with E-state index in [2.05, 4.69) is 60.7 Å². The molecule has 5 heteroatoms. The van der Waals surface area contributed by atoms with Crippen molar-refractivity contribution in [3.05, 3.63) is 57.9 Å². The molecule has 2 unspecified atom stereocenters. The van der Waals surface area contributed by atoms with Crippen LogP contribution in [0.15, 0.2) is 46.2 Å². The topological polar surface area (TPSA) is 46.8 Å². The summed E-state index contributed by atoms with van der Waals surface area (Å²) >= 11 is 0. The maximum atomic E-state index is 13.9. The highest BCUT2D eigenvalue weighted by atomic mass is 16.5. The number of fused-ring (bicyclic) bond motifs is 3. The fourth-order valence-electron chi connectivity index (χ4n) is 8.13. The van der Waals surface area contributed by atoms with Crippen LogP contribution in [0.25, 0.3) is 11.3 Å². The smallest absolute Gasteiger partial charge is 0.187 e. The largest absolute Gasteiger partial charge is 0.379 e. The van der Waals surface area contributed by atoms with E-state index in [9.17, 15) is 4.79 Å². The highest BCUT2D eigenvalue weighted by Crippen LogP contribution is 2.69. The summed E-state index contributed by atoms with van der Waals surface area (Å²) in [6, 6.07) is 12.3. The highest BCUT2D eigenvalue weighted by Gasteiger charge is 2.62. The van der Waals surface area contributed by atoms with Crippen molar-refractivity contribution in [3.63, 3.8) is 0 Å². The SMILES string of the molecule is CC1(C)C2CC[C@@](C)(C2)[C@@H]1C1N=CCc2c1c(=O)cc(-c1ccccc1)n2CCN1CCOCC1. The third-order valence-electron chi connectivity index (χ3n) is 9.82. The number of nitrogens with zero attached hydrogens (tertiary/aromatic N) is 3. The van der Waals surface area contributed by atoms with Crippen LogP contribution in [0.1, 0.15) is 57.3 Å². The van der Waals surface area contributed by atoms with Crippen molar-refractivity contribution in [1.82, 2.24) is 9.47 Å². The van der Waals surface area contributed by atoms with Gasteiger partial charge < -0.3 is 9.30 Å². The molecule has 0 N–H and O–H groups in total. The summed E-state index contributed by atoms with van der Waals surface area (Å²) in [5.74, 6) is 1.15. The fraction of sp³-hybridized carbons (Fsp3) is 0.600. The van der Waals surface area contributed by atoms with Crippen LogP contribution >= 0.6 is 0 Å². The summed E-state index contributed by atoms with van der Waals surface area (Å²) in [6.45, 7) is 12.7. The minimum atomic E-state index is -0.0315. The van der Waals surface area contributed by atoms with Crippen molar-refractivity contribution in [2.45, 2.75) is 59.0 Å². The quantitative estimate of drug-likeness (QED) is 0.615. The van der Waals surface area contributed by atoms with Gasteiger partial charge in [0.25, 0.3) is 0 Å². The van der Waals surface area contributed by atoms with Crippen LogP contribution in [0.3, 0.4) is 0 Å². The molecule has 0 spiro atoms. The van der Waals surface area contributed by atoms with Crippen LogP contribution in [0.2, 0.25) is 0 Å². The van der Waals surface area contributed by atoms with Gasteiger partial charge in [0, 0.05) is 56.1 Å². The number of aliphatic imine (C=N–C) groups is 1. The van der Waals surface area contributed by atoms with Gasteiger partial charge in [0.05, 0.1) is 24.9 Å². The Labute approximate surface area is 209 Å². The zero-order valence-corrected chi connectivity index (χ0v) is 21.5. The second-order valence-corrected chi connectivity index (χ2v) is 12.1. The number of hydrogen-bond acceptors (Lipinski definition) is 4. The van der Waals surface area contributed by atoms with Gasteiger partial charge in [-0.2, -0.15) is 0 Å². The lowest BCUT2D eigenvalue weighted by molar-refractivity contribution is 0.0362. The second kappa shape index (κ2) is 8.70. The molecule has 2 aliphatic heterocycles. The molecule has 35 heavy (non-hydrogen) atoms. The predicted molar refractivity (Wildman–Crippen MR) is 141 cm³/mol. The van der Waals surface area contributed by atoms with Crippen LogP contribution in [0.4, 0.5) is 0 Å². The van der Waals surface area contributed by atoms with Crippen LogP contribution in [0.5, 0.6) is 0 Å². The monoisotopic (exact) mass is 473 g/mol. The van der Waals surface area contributed by atoms with Gasteiger partial charge in [-0.25, -0.2) is 0 Å². The summed E-state index contributed by atoms with van der Waals surface area (Å²) < 4.78 is 8.01. The van der Waals surface area contributed by atoms with Gasteiger partial charge in [0.1, 0.15) is 0 Å². The number of benzene rings is 1. The summed E-state index contributed by atoms with van der Waals surface area (Å²) in [7, 11) is 0. The number of rotatable bonds is 5. The van der Waals surface area contributed by atoms with E-state index < -0.39 is 0 Å². The van der Waals surface area contributed by atoms with Gasteiger partial charge in [-0.05, 0) is 47.5 Å². The average molecular weight is 474 g/mol. The molecule has 1 aromatic heterocycles. The van der Waals surface area contributed by atoms with Gasteiger partial charge in [-0.3, -0.25) is 14.7 Å². The van der Waals surface area contributed by atoms with Gasteiger partial charge in [0.15, 0.2) is 5.43 Å². The van der Waals surface area contributed by atoms with Crippen LogP contribution in [-0.4, -0.2) is 48.5 Å². The average Bonchev–Trinajstić information content (AvgIpc) is 3.35. The first kappa shape index (κ1) is 23.2. The van der Waals surface area contributed by atoms with Crippen LogP contribution in [-0.2, 0) is 17.7 Å². The normalized spacial score (nSPS) is 31.6. The summed E-state index contributed by atoms with van der Waals surface area (Å²) in [5.41, 5.74) is 4.95. The predicted octanol–water partition coefficient (Wildman–Crippen LogP) is 4.98. The Morgan fingerprint density at radius 2 is 1.86 bits per heavy atom. The molecule has 6 rings (SSSR count). The van der Waals surface area contributed by atoms with Gasteiger partial charge in [-0.15, -0.1) is 0 Å². The molecular formula is C30H39N3O2. The van der Waals surface area contributed by atoms with E-state index in [0.717, 1.165) is 68.6 Å². The summed E-state index contributed by atoms with van der Waals surface area (Å²) in [4.78, 5) is 21.5. The Hall–Kier alpha value is -2.24. The Kier molecular flexibility index (Phi) is 5.76. The molecule has 2 aliphatic carbocycles. The van der Waals surface area contributed by atoms with Crippen LogP contribution in [0, 0.1) is 22.7 Å². The van der Waals surface area contributed by atoms with E-state index in [-0.39, 0.29) is 22.3 Å². The highest BCUT2D eigenvalue weighted by molar-refractivity contribution is 5.68. The first-order chi connectivity index (χ1) is 16.9. The molecule has 4 atom stereocenters. The molecule has 3 fully saturated rings. The van der Waals surface area contributed by atoms with E-state index in [4.69, 9.17) is 9.73 Å². The van der Waals surface area contributed by atoms with E-state index in [1.807, 2.05) is 12.1 Å². The molecule has 2 aromatic rings. The first-order valence-electron chi connectivity index (χ1n) is 13.5. The van der Waals surface area contributed by atoms with E-state index in [0.29, 0.717) is 5.92 Å². The molecule has 0 amide bonds. The van der Waals surface area contributed by atoms with Crippen LogP contribution < -0.4 is 5.43 Å². The molecule has 4 aliphatic rings. The van der Waals surface area contributed by atoms with E-state index in [1.54, 1.807) is 0 Å². The molecule has 2 saturated carbocycles. The fourth-order valence-corrected chi connectivity index (χ4v) is 8.13. The number of pyridine rings is 1. The standard InChI is InChI=1S/C30H39N3O2/c1-29(2)22-9-11-30(3,20-22)28(29)27-26-23(10-12-31-27)33(14-13-32-15-17-35-18-16-32)24(19-25(26)34)21-7-5-4-6-8-21/h4-8,12,19,22,27-28H,9-11,13-18,20H2,1-3H3/t22?,27?,28-,30+/m1/s1. The Morgan fingerprint density at radius 1 is 1.09 bits per heavy atom. The van der Waals surface area contributed by atoms with Crippen molar-refractivity contribution in [3.8, 4) is 11.3 Å². The molecule has 2 bridgehead atoms. The maximum Gasteiger partial charge on any atom is 0.187 e. The summed E-state index contributed by atoms with van der Waals surface area (Å²) in [5, 5.41) is 0. The Morgan fingerprint density at radius 3 is 2.57 bits per heavy atom. The lowest BCUT2D eigenvalue weighted by atomic mass is 9.60. The molecule has 1 aromatic carbocycles. The number of hydrogen-bond donors (Lipinski definition) is 0. The van der Waals surface area contributed by atoms with E-state index >= 15 is 0 Å². The zero-order chi connectivity index (χ0) is 24.2. The Balaban J connectivity index is 1.45. The molecule has 3 heterocycles. The minimum absolute atomic E-state index is 0.0315. The number of aromatic nitrogens is 1. The lowest BCUT2D eigenvalue weighted by Gasteiger charge is -2.46. The second-order valence-electron chi connectivity index (χ2n) is 12.1. The lowest BCUT2D eigenvalue weighted by Crippen LogP contribution is -2.42. The zero-order valence-electron chi connectivity index (χ0n) is 21.5. The van der Waals surface area contributed by atoms with Crippen molar-refractivity contribution >= 4 is 6.21 Å². The summed E-state index contributed by atoms with van der Waals surface area (Å²) in [6.07, 6.45) is 6.70. The van der Waals surface area contributed by atoms with Crippen molar-refractivity contribution in [2.24, 2.45) is 27.7 Å². The van der Waals surface area contributed by atoms with E-state index in [1.165, 1.54) is 25.0 Å². The van der Waals surface area contributed by atoms with Gasteiger partial charge in [-0.1, -0.05) is 51.1 Å².